The third-order valence-corrected chi connectivity index (χ3v) is 2.96. The van der Waals surface area contributed by atoms with Gasteiger partial charge in [0.25, 0.3) is 0 Å². The lowest BCUT2D eigenvalue weighted by molar-refractivity contribution is 0.0453. The maximum absolute atomic E-state index is 10.4. The summed E-state index contributed by atoms with van der Waals surface area (Å²) < 4.78 is 0. The Labute approximate surface area is 98.5 Å². The first-order valence-electron chi connectivity index (χ1n) is 5.71. The molecule has 86 valence electrons. The van der Waals surface area contributed by atoms with Gasteiger partial charge in [0.05, 0.1) is 5.60 Å². The molecule has 16 heavy (non-hydrogen) atoms. The van der Waals surface area contributed by atoms with Crippen molar-refractivity contribution in [2.45, 2.75) is 45.6 Å². The van der Waals surface area contributed by atoms with Crippen molar-refractivity contribution < 1.29 is 5.11 Å². The molecule has 1 atom stereocenters. The maximum Gasteiger partial charge on any atom is 0.0871 e. The zero-order chi connectivity index (χ0) is 12.2. The molecule has 0 aromatic heterocycles. The predicted molar refractivity (Wildman–Crippen MR) is 68.2 cm³/mol. The first kappa shape index (κ1) is 12.8. The lowest BCUT2D eigenvalue weighted by atomic mass is 9.86. The van der Waals surface area contributed by atoms with E-state index in [4.69, 9.17) is 6.42 Å². The molecule has 0 bridgehead atoms. The quantitative estimate of drug-likeness (QED) is 0.604. The highest BCUT2D eigenvalue weighted by molar-refractivity contribution is 5.34. The standard InChI is InChI=1S/C15H20O/c1-5-6-7-10-15(4,16)14-11-12(2)8-9-13(14)3/h1,8-9,11,16H,6-7,10H2,2-4H3. The van der Waals surface area contributed by atoms with Gasteiger partial charge in [-0.05, 0) is 44.7 Å². The summed E-state index contributed by atoms with van der Waals surface area (Å²) in [5.74, 6) is 2.61. The summed E-state index contributed by atoms with van der Waals surface area (Å²) in [6.45, 7) is 5.94. The summed E-state index contributed by atoms with van der Waals surface area (Å²) in [4.78, 5) is 0. The van der Waals surface area contributed by atoms with E-state index in [2.05, 4.69) is 24.1 Å². The van der Waals surface area contributed by atoms with Gasteiger partial charge < -0.3 is 5.11 Å². The van der Waals surface area contributed by atoms with Crippen LogP contribution >= 0.6 is 0 Å². The van der Waals surface area contributed by atoms with E-state index in [1.54, 1.807) is 0 Å². The van der Waals surface area contributed by atoms with Crippen molar-refractivity contribution in [3.05, 3.63) is 34.9 Å². The van der Waals surface area contributed by atoms with E-state index < -0.39 is 5.60 Å². The molecule has 0 aliphatic carbocycles. The van der Waals surface area contributed by atoms with Gasteiger partial charge in [-0.3, -0.25) is 0 Å². The lowest BCUT2D eigenvalue weighted by Gasteiger charge is -2.26. The van der Waals surface area contributed by atoms with Crippen molar-refractivity contribution >= 4 is 0 Å². The predicted octanol–water partition coefficient (Wildman–Crippen LogP) is 3.31. The second-order valence-corrected chi connectivity index (χ2v) is 4.65. The Morgan fingerprint density at radius 2 is 2.06 bits per heavy atom. The summed E-state index contributed by atoms with van der Waals surface area (Å²) in [5, 5.41) is 10.4. The molecule has 0 saturated carbocycles. The zero-order valence-corrected chi connectivity index (χ0v) is 10.4. The topological polar surface area (TPSA) is 20.2 Å². The Bertz CT molecular complexity index is 396. The smallest absolute Gasteiger partial charge is 0.0871 e. The summed E-state index contributed by atoms with van der Waals surface area (Å²) in [5.41, 5.74) is 2.56. The van der Waals surface area contributed by atoms with Crippen LogP contribution in [0, 0.1) is 26.2 Å². The fourth-order valence-corrected chi connectivity index (χ4v) is 1.99. The maximum atomic E-state index is 10.4. The van der Waals surface area contributed by atoms with Crippen LogP contribution in [0.15, 0.2) is 18.2 Å². The minimum Gasteiger partial charge on any atom is -0.385 e. The van der Waals surface area contributed by atoms with Crippen LogP contribution in [-0.4, -0.2) is 5.11 Å². The van der Waals surface area contributed by atoms with Gasteiger partial charge >= 0.3 is 0 Å². The monoisotopic (exact) mass is 216 g/mol. The van der Waals surface area contributed by atoms with Crippen molar-refractivity contribution in [1.29, 1.82) is 0 Å². The second-order valence-electron chi connectivity index (χ2n) is 4.65. The third kappa shape index (κ3) is 3.12. The molecule has 0 saturated heterocycles. The molecule has 0 aliphatic heterocycles. The van der Waals surface area contributed by atoms with Gasteiger partial charge in [0.15, 0.2) is 0 Å². The molecule has 1 aromatic rings. The Hall–Kier alpha value is -1.26. The molecule has 0 aliphatic rings. The molecule has 1 nitrogen and oxygen atoms in total. The van der Waals surface area contributed by atoms with Crippen LogP contribution in [0.5, 0.6) is 0 Å². The molecular formula is C15H20O. The first-order valence-corrected chi connectivity index (χ1v) is 5.71. The molecule has 1 unspecified atom stereocenters. The molecular weight excluding hydrogens is 196 g/mol. The number of unbranched alkanes of at least 4 members (excludes halogenated alkanes) is 1. The van der Waals surface area contributed by atoms with Gasteiger partial charge in [0.1, 0.15) is 0 Å². The molecule has 0 heterocycles. The summed E-state index contributed by atoms with van der Waals surface area (Å²) in [6, 6.07) is 6.18. The fraction of sp³-hybridized carbons (Fsp3) is 0.467. The van der Waals surface area contributed by atoms with Crippen molar-refractivity contribution in [3.8, 4) is 12.3 Å². The number of terminal acetylenes is 1. The average molecular weight is 216 g/mol. The van der Waals surface area contributed by atoms with E-state index in [-0.39, 0.29) is 0 Å². The van der Waals surface area contributed by atoms with Crippen LogP contribution in [-0.2, 0) is 5.60 Å². The normalized spacial score (nSPS) is 14.2. The van der Waals surface area contributed by atoms with Crippen LogP contribution in [0.2, 0.25) is 0 Å². The zero-order valence-electron chi connectivity index (χ0n) is 10.4. The minimum absolute atomic E-state index is 0.710. The van der Waals surface area contributed by atoms with Crippen molar-refractivity contribution in [1.82, 2.24) is 0 Å². The first-order chi connectivity index (χ1) is 7.47. The van der Waals surface area contributed by atoms with Crippen LogP contribution in [0.3, 0.4) is 0 Å². The van der Waals surface area contributed by atoms with Gasteiger partial charge in [-0.25, -0.2) is 0 Å². The second kappa shape index (κ2) is 5.18. The van der Waals surface area contributed by atoms with Crippen molar-refractivity contribution in [3.63, 3.8) is 0 Å². The van der Waals surface area contributed by atoms with Gasteiger partial charge in [0, 0.05) is 6.42 Å². The van der Waals surface area contributed by atoms with E-state index in [9.17, 15) is 5.11 Å². The molecule has 1 rings (SSSR count). The molecule has 1 N–H and O–H groups in total. The average Bonchev–Trinajstić information content (AvgIpc) is 2.22. The van der Waals surface area contributed by atoms with E-state index in [0.29, 0.717) is 6.42 Å². The summed E-state index contributed by atoms with van der Waals surface area (Å²) in [6.07, 6.45) is 7.51. The number of hydrogen-bond acceptors (Lipinski definition) is 1. The highest BCUT2D eigenvalue weighted by Crippen LogP contribution is 2.29. The number of aryl methyl sites for hydroxylation is 2. The van der Waals surface area contributed by atoms with Gasteiger partial charge in [0.2, 0.25) is 0 Å². The number of hydrogen-bond donors (Lipinski definition) is 1. The summed E-state index contributed by atoms with van der Waals surface area (Å²) >= 11 is 0. The minimum atomic E-state index is -0.771. The van der Waals surface area contributed by atoms with Crippen molar-refractivity contribution in [2.75, 3.05) is 0 Å². The number of rotatable bonds is 4. The van der Waals surface area contributed by atoms with Crippen LogP contribution in [0.4, 0.5) is 0 Å². The molecule has 1 heteroatoms. The molecule has 0 spiro atoms. The van der Waals surface area contributed by atoms with E-state index in [0.717, 1.165) is 24.0 Å². The SMILES string of the molecule is C#CCCCC(C)(O)c1cc(C)ccc1C. The van der Waals surface area contributed by atoms with Gasteiger partial charge in [-0.2, -0.15) is 0 Å². The van der Waals surface area contributed by atoms with E-state index in [1.165, 1.54) is 5.56 Å². The summed E-state index contributed by atoms with van der Waals surface area (Å²) in [7, 11) is 0. The van der Waals surface area contributed by atoms with Crippen LogP contribution < -0.4 is 0 Å². The van der Waals surface area contributed by atoms with Crippen LogP contribution in [0.1, 0.15) is 42.9 Å². The third-order valence-electron chi connectivity index (χ3n) is 2.96. The van der Waals surface area contributed by atoms with Crippen molar-refractivity contribution in [2.24, 2.45) is 0 Å². The Morgan fingerprint density at radius 1 is 1.38 bits per heavy atom. The molecule has 0 amide bonds. The van der Waals surface area contributed by atoms with Gasteiger partial charge in [-0.1, -0.05) is 23.8 Å². The van der Waals surface area contributed by atoms with E-state index in [1.807, 2.05) is 20.8 Å². The van der Waals surface area contributed by atoms with Gasteiger partial charge in [-0.15, -0.1) is 12.3 Å². The Kier molecular flexibility index (Phi) is 4.15. The molecule has 0 fully saturated rings. The number of aliphatic hydroxyl groups is 1. The largest absolute Gasteiger partial charge is 0.385 e. The van der Waals surface area contributed by atoms with Crippen LogP contribution in [0.25, 0.3) is 0 Å². The Morgan fingerprint density at radius 3 is 2.69 bits per heavy atom. The molecule has 1 aromatic carbocycles. The molecule has 0 radical (unpaired) electrons. The highest BCUT2D eigenvalue weighted by Gasteiger charge is 2.24. The number of benzene rings is 1. The lowest BCUT2D eigenvalue weighted by Crippen LogP contribution is -2.22. The van der Waals surface area contributed by atoms with E-state index >= 15 is 0 Å². The highest BCUT2D eigenvalue weighted by atomic mass is 16.3. The Balaban J connectivity index is 2.88. The fourth-order valence-electron chi connectivity index (χ4n) is 1.99.